The second-order valence-electron chi connectivity index (χ2n) is 15.5. The summed E-state index contributed by atoms with van der Waals surface area (Å²) in [4.78, 5) is 12.5. The average molecular weight is 524 g/mol. The molecule has 4 saturated carbocycles. The van der Waals surface area contributed by atoms with Gasteiger partial charge in [0.05, 0.1) is 0 Å². The van der Waals surface area contributed by atoms with E-state index in [0.29, 0.717) is 22.8 Å². The minimum atomic E-state index is -0.244. The molecule has 0 saturated heterocycles. The third kappa shape index (κ3) is 5.64. The fourth-order valence-electron chi connectivity index (χ4n) is 9.80. The van der Waals surface area contributed by atoms with Gasteiger partial charge >= 0.3 is 6.09 Å². The fraction of sp³-hybridized carbons (Fsp3) is 0.857. The van der Waals surface area contributed by atoms with E-state index in [1.807, 2.05) is 0 Å². The summed E-state index contributed by atoms with van der Waals surface area (Å²) in [6, 6.07) is 0. The van der Waals surface area contributed by atoms with E-state index in [2.05, 4.69) is 65.1 Å². The first-order chi connectivity index (χ1) is 18.0. The van der Waals surface area contributed by atoms with Crippen LogP contribution in [-0.4, -0.2) is 18.7 Å². The monoisotopic (exact) mass is 523 g/mol. The van der Waals surface area contributed by atoms with Gasteiger partial charge in [0.1, 0.15) is 6.10 Å². The molecule has 0 aromatic heterocycles. The highest BCUT2D eigenvalue weighted by Gasteiger charge is 2.59. The first-order valence-corrected chi connectivity index (χ1v) is 16.4. The standard InChI is InChI=1S/C35H57NO2/c1-24(2)9-7-10-25(3)29-13-14-30-28-12-11-26-23-27(38-32(37)36-22-8-17-33(4)20-21-33)15-18-34(26,5)31(28)16-19-35(29,30)6/h8,11,17,24-25,27-31H,7,9-10,12-16,18-23H2,1-6H3,(H,36,37)/b17-8+/t25-,27+,28?,29-,30?,31?,34+,35-/m1/s1. The average Bonchev–Trinajstić information content (AvgIpc) is 3.48. The van der Waals surface area contributed by atoms with Crippen LogP contribution in [-0.2, 0) is 4.74 Å². The van der Waals surface area contributed by atoms with Crippen LogP contribution in [0.25, 0.3) is 0 Å². The topological polar surface area (TPSA) is 38.3 Å². The van der Waals surface area contributed by atoms with Gasteiger partial charge in [0.2, 0.25) is 0 Å². The van der Waals surface area contributed by atoms with Crippen molar-refractivity contribution in [3.63, 3.8) is 0 Å². The molecule has 0 heterocycles. The maximum absolute atomic E-state index is 12.5. The van der Waals surface area contributed by atoms with Crippen molar-refractivity contribution in [2.45, 2.75) is 131 Å². The van der Waals surface area contributed by atoms with Crippen LogP contribution in [0.1, 0.15) is 125 Å². The summed E-state index contributed by atoms with van der Waals surface area (Å²) in [5.41, 5.74) is 2.84. The van der Waals surface area contributed by atoms with E-state index in [1.165, 1.54) is 70.6 Å². The molecular weight excluding hydrogens is 466 g/mol. The lowest BCUT2D eigenvalue weighted by Gasteiger charge is -2.58. The SMILES string of the molecule is CC(C)CCC[C@@H](C)[C@H]1CCC2C3CC=C4C[C@@H](OC(=O)NC/C=C/C5(C)CC5)CC[C@]4(C)C3CC[C@@]21C. The lowest BCUT2D eigenvalue weighted by atomic mass is 9.47. The molecular formula is C35H57NO2. The van der Waals surface area contributed by atoms with Crippen LogP contribution in [0.15, 0.2) is 23.8 Å². The zero-order valence-corrected chi connectivity index (χ0v) is 25.5. The fourth-order valence-corrected chi connectivity index (χ4v) is 9.80. The number of nitrogens with one attached hydrogen (secondary N) is 1. The molecule has 5 aliphatic carbocycles. The number of fused-ring (bicyclic) bond motifs is 5. The van der Waals surface area contributed by atoms with Crippen LogP contribution in [0, 0.1) is 51.8 Å². The van der Waals surface area contributed by atoms with E-state index in [1.54, 1.807) is 5.57 Å². The van der Waals surface area contributed by atoms with Gasteiger partial charge in [-0.15, -0.1) is 0 Å². The Hall–Kier alpha value is -1.25. The molecule has 0 aromatic rings. The van der Waals surface area contributed by atoms with Gasteiger partial charge < -0.3 is 10.1 Å². The summed E-state index contributed by atoms with van der Waals surface area (Å²) >= 11 is 0. The van der Waals surface area contributed by atoms with Crippen LogP contribution in [0.4, 0.5) is 4.79 Å². The number of amides is 1. The van der Waals surface area contributed by atoms with Gasteiger partial charge in [-0.2, -0.15) is 0 Å². The van der Waals surface area contributed by atoms with Gasteiger partial charge in [-0.05, 0) is 110 Å². The number of allylic oxidation sites excluding steroid dienone is 2. The van der Waals surface area contributed by atoms with Crippen molar-refractivity contribution in [1.82, 2.24) is 5.32 Å². The Morgan fingerprint density at radius 1 is 1.03 bits per heavy atom. The highest BCUT2D eigenvalue weighted by atomic mass is 16.6. The Balaban J connectivity index is 1.17. The third-order valence-corrected chi connectivity index (χ3v) is 12.5. The number of hydrogen-bond donors (Lipinski definition) is 1. The molecule has 1 N–H and O–H groups in total. The molecule has 3 heteroatoms. The van der Waals surface area contributed by atoms with Crippen LogP contribution < -0.4 is 5.32 Å². The summed E-state index contributed by atoms with van der Waals surface area (Å²) in [6.07, 6.45) is 23.6. The van der Waals surface area contributed by atoms with Crippen molar-refractivity contribution in [1.29, 1.82) is 0 Å². The summed E-state index contributed by atoms with van der Waals surface area (Å²) in [6.45, 7) is 15.4. The van der Waals surface area contributed by atoms with Crippen molar-refractivity contribution in [3.8, 4) is 0 Å². The van der Waals surface area contributed by atoms with E-state index in [4.69, 9.17) is 4.74 Å². The van der Waals surface area contributed by atoms with Gasteiger partial charge in [0.15, 0.2) is 0 Å². The van der Waals surface area contributed by atoms with Crippen molar-refractivity contribution in [2.24, 2.45) is 51.8 Å². The van der Waals surface area contributed by atoms with E-state index >= 15 is 0 Å². The van der Waals surface area contributed by atoms with Crippen molar-refractivity contribution < 1.29 is 9.53 Å². The summed E-state index contributed by atoms with van der Waals surface area (Å²) < 4.78 is 5.92. The normalized spacial score (nSPS) is 40.2. The molecule has 1 amide bonds. The van der Waals surface area contributed by atoms with Gasteiger partial charge in [-0.1, -0.05) is 84.6 Å². The Bertz CT molecular complexity index is 915. The molecule has 3 unspecified atom stereocenters. The second kappa shape index (κ2) is 11.0. The highest BCUT2D eigenvalue weighted by Crippen LogP contribution is 2.67. The van der Waals surface area contributed by atoms with Gasteiger partial charge in [0.25, 0.3) is 0 Å². The number of hydrogen-bond acceptors (Lipinski definition) is 2. The Morgan fingerprint density at radius 3 is 2.55 bits per heavy atom. The summed E-state index contributed by atoms with van der Waals surface area (Å²) in [7, 11) is 0. The lowest BCUT2D eigenvalue weighted by Crippen LogP contribution is -2.51. The van der Waals surface area contributed by atoms with Crippen molar-refractivity contribution in [3.05, 3.63) is 23.8 Å². The van der Waals surface area contributed by atoms with Crippen LogP contribution in [0.5, 0.6) is 0 Å². The van der Waals surface area contributed by atoms with Crippen LogP contribution in [0.3, 0.4) is 0 Å². The number of ether oxygens (including phenoxy) is 1. The van der Waals surface area contributed by atoms with Crippen molar-refractivity contribution in [2.75, 3.05) is 6.54 Å². The molecule has 38 heavy (non-hydrogen) atoms. The van der Waals surface area contributed by atoms with Gasteiger partial charge in [-0.25, -0.2) is 4.79 Å². The quantitative estimate of drug-likeness (QED) is 0.306. The Morgan fingerprint density at radius 2 is 1.82 bits per heavy atom. The van der Waals surface area contributed by atoms with Crippen LogP contribution in [0.2, 0.25) is 0 Å². The van der Waals surface area contributed by atoms with Gasteiger partial charge in [0, 0.05) is 13.0 Å². The zero-order valence-electron chi connectivity index (χ0n) is 25.5. The molecule has 0 aliphatic heterocycles. The van der Waals surface area contributed by atoms with Crippen LogP contribution >= 0.6 is 0 Å². The third-order valence-electron chi connectivity index (χ3n) is 12.5. The maximum atomic E-state index is 12.5. The zero-order chi connectivity index (χ0) is 27.1. The number of alkyl carbamates (subject to hydrolysis) is 1. The summed E-state index contributed by atoms with van der Waals surface area (Å²) in [5, 5.41) is 2.95. The number of carbonyl (C=O) groups excluding carboxylic acids is 1. The predicted octanol–water partition coefficient (Wildman–Crippen LogP) is 9.48. The largest absolute Gasteiger partial charge is 0.446 e. The molecule has 0 bridgehead atoms. The summed E-state index contributed by atoms with van der Waals surface area (Å²) in [5.74, 6) is 5.20. The number of rotatable bonds is 9. The molecule has 214 valence electrons. The lowest BCUT2D eigenvalue weighted by molar-refractivity contribution is -0.0581. The van der Waals surface area contributed by atoms with E-state index < -0.39 is 0 Å². The van der Waals surface area contributed by atoms with Gasteiger partial charge in [-0.3, -0.25) is 0 Å². The molecule has 0 spiro atoms. The second-order valence-corrected chi connectivity index (χ2v) is 15.5. The van der Waals surface area contributed by atoms with E-state index in [0.717, 1.165) is 48.3 Å². The predicted molar refractivity (Wildman–Crippen MR) is 158 cm³/mol. The molecule has 5 aliphatic rings. The molecule has 0 aromatic carbocycles. The molecule has 5 rings (SSSR count). The molecule has 3 nitrogen and oxygen atoms in total. The van der Waals surface area contributed by atoms with Crippen molar-refractivity contribution >= 4 is 6.09 Å². The minimum absolute atomic E-state index is 0.0345. The van der Waals surface area contributed by atoms with E-state index in [-0.39, 0.29) is 12.2 Å². The maximum Gasteiger partial charge on any atom is 0.407 e. The Kier molecular flexibility index (Phi) is 8.16. The smallest absolute Gasteiger partial charge is 0.407 e. The molecule has 4 fully saturated rings. The number of carbonyl (C=O) groups is 1. The highest BCUT2D eigenvalue weighted by molar-refractivity contribution is 5.67. The first kappa shape index (κ1) is 28.3. The molecule has 8 atom stereocenters. The Labute approximate surface area is 234 Å². The minimum Gasteiger partial charge on any atom is -0.446 e. The molecule has 0 radical (unpaired) electrons. The first-order valence-electron chi connectivity index (χ1n) is 16.4. The van der Waals surface area contributed by atoms with E-state index in [9.17, 15) is 4.79 Å².